The van der Waals surface area contributed by atoms with E-state index in [1.165, 1.54) is 128 Å². The summed E-state index contributed by atoms with van der Waals surface area (Å²) < 4.78 is 11.1. The van der Waals surface area contributed by atoms with E-state index in [2.05, 4.69) is 45.1 Å². The average molecular weight is 633 g/mol. The van der Waals surface area contributed by atoms with Crippen LogP contribution in [0.15, 0.2) is 24.3 Å². The lowest BCUT2D eigenvalue weighted by Crippen LogP contribution is -2.24. The van der Waals surface area contributed by atoms with E-state index in [0.717, 1.165) is 51.4 Å². The highest BCUT2D eigenvalue weighted by atomic mass is 16.7. The van der Waals surface area contributed by atoms with Crippen LogP contribution in [0.25, 0.3) is 0 Å². The van der Waals surface area contributed by atoms with Gasteiger partial charge in [0.05, 0.1) is 0 Å². The third-order valence-electron chi connectivity index (χ3n) is 8.60. The Hall–Kier alpha value is -1.58. The van der Waals surface area contributed by atoms with E-state index in [4.69, 9.17) is 9.47 Å². The van der Waals surface area contributed by atoms with Gasteiger partial charge in [0.25, 0.3) is 0 Å². The lowest BCUT2D eigenvalue weighted by Gasteiger charge is -2.18. The van der Waals surface area contributed by atoms with Gasteiger partial charge in [0.15, 0.2) is 0 Å². The fraction of sp³-hybridized carbons (Fsp3) is 0.854. The molecule has 0 rings (SSSR count). The number of unbranched alkanes of at least 4 members (excludes halogenated alkanes) is 23. The largest absolute Gasteiger partial charge is 0.425 e. The number of esters is 2. The number of carbonyl (C=O) groups excluding carboxylic acids is 2. The van der Waals surface area contributed by atoms with Crippen molar-refractivity contribution >= 4 is 11.9 Å². The van der Waals surface area contributed by atoms with Crippen LogP contribution < -0.4 is 0 Å². The first-order valence-corrected chi connectivity index (χ1v) is 19.8. The van der Waals surface area contributed by atoms with Gasteiger partial charge in [-0.2, -0.15) is 0 Å². The van der Waals surface area contributed by atoms with Crippen molar-refractivity contribution in [3.05, 3.63) is 24.3 Å². The molecule has 0 aromatic rings. The molecule has 4 nitrogen and oxygen atoms in total. The number of hydrogen-bond donors (Lipinski definition) is 0. The Morgan fingerprint density at radius 3 is 1.02 bits per heavy atom. The molecule has 0 aliphatic rings. The Morgan fingerprint density at radius 2 is 0.689 bits per heavy atom. The molecule has 0 aromatic heterocycles. The summed E-state index contributed by atoms with van der Waals surface area (Å²) in [6, 6.07) is 0. The fourth-order valence-electron chi connectivity index (χ4n) is 5.60. The monoisotopic (exact) mass is 633 g/mol. The van der Waals surface area contributed by atoms with Crippen LogP contribution in [0.1, 0.15) is 220 Å². The topological polar surface area (TPSA) is 52.6 Å². The summed E-state index contributed by atoms with van der Waals surface area (Å²) in [4.78, 5) is 24.8. The van der Waals surface area contributed by atoms with Crippen LogP contribution in [0, 0.1) is 0 Å². The minimum Gasteiger partial charge on any atom is -0.425 e. The maximum atomic E-state index is 12.4. The molecule has 0 unspecified atom stereocenters. The van der Waals surface area contributed by atoms with Crippen molar-refractivity contribution in [2.24, 2.45) is 0 Å². The van der Waals surface area contributed by atoms with Crippen molar-refractivity contribution in [2.45, 2.75) is 226 Å². The van der Waals surface area contributed by atoms with Crippen LogP contribution in [0.5, 0.6) is 0 Å². The van der Waals surface area contributed by atoms with Crippen LogP contribution in [0.4, 0.5) is 0 Å². The molecule has 0 atom stereocenters. The Balaban J connectivity index is 3.79. The van der Waals surface area contributed by atoms with Gasteiger partial charge in [-0.3, -0.25) is 9.59 Å². The minimum atomic E-state index is -0.726. The number of hydrogen-bond acceptors (Lipinski definition) is 4. The zero-order valence-corrected chi connectivity index (χ0v) is 30.4. The van der Waals surface area contributed by atoms with Gasteiger partial charge in [0, 0.05) is 19.3 Å². The highest BCUT2D eigenvalue weighted by Gasteiger charge is 2.18. The van der Waals surface area contributed by atoms with Crippen LogP contribution in [0.3, 0.4) is 0 Å². The third-order valence-corrected chi connectivity index (χ3v) is 8.60. The third kappa shape index (κ3) is 35.1. The van der Waals surface area contributed by atoms with Crippen LogP contribution >= 0.6 is 0 Å². The first-order valence-electron chi connectivity index (χ1n) is 19.8. The van der Waals surface area contributed by atoms with Gasteiger partial charge >= 0.3 is 11.9 Å². The molecule has 0 N–H and O–H groups in total. The van der Waals surface area contributed by atoms with Gasteiger partial charge in [-0.05, 0) is 70.6 Å². The number of ether oxygens (including phenoxy) is 2. The first-order chi connectivity index (χ1) is 22.1. The van der Waals surface area contributed by atoms with Crippen LogP contribution in [0.2, 0.25) is 0 Å². The van der Waals surface area contributed by atoms with E-state index in [-0.39, 0.29) is 11.9 Å². The Labute approximate surface area is 281 Å². The molecule has 0 aliphatic carbocycles. The minimum absolute atomic E-state index is 0.234. The summed E-state index contributed by atoms with van der Waals surface area (Å²) in [6.45, 7) is 6.63. The molecule has 0 saturated carbocycles. The van der Waals surface area contributed by atoms with Gasteiger partial charge in [-0.25, -0.2) is 0 Å². The van der Waals surface area contributed by atoms with Gasteiger partial charge in [-0.15, -0.1) is 0 Å². The fourth-order valence-corrected chi connectivity index (χ4v) is 5.60. The van der Waals surface area contributed by atoms with E-state index in [9.17, 15) is 9.59 Å². The molecule has 0 aromatic carbocycles. The molecule has 45 heavy (non-hydrogen) atoms. The second-order valence-electron chi connectivity index (χ2n) is 13.2. The predicted octanol–water partition coefficient (Wildman–Crippen LogP) is 13.7. The molecular formula is C41H76O4. The molecule has 0 spiro atoms. The van der Waals surface area contributed by atoms with Crippen molar-refractivity contribution < 1.29 is 19.1 Å². The second-order valence-corrected chi connectivity index (χ2v) is 13.2. The highest BCUT2D eigenvalue weighted by Crippen LogP contribution is 2.15. The van der Waals surface area contributed by atoms with Crippen LogP contribution in [-0.2, 0) is 19.1 Å². The molecule has 264 valence electrons. The molecule has 0 saturated heterocycles. The van der Waals surface area contributed by atoms with Crippen molar-refractivity contribution in [1.29, 1.82) is 0 Å². The zero-order valence-electron chi connectivity index (χ0n) is 30.4. The molecule has 0 aliphatic heterocycles. The molecule has 0 amide bonds. The molecule has 0 bridgehead atoms. The van der Waals surface area contributed by atoms with Gasteiger partial charge < -0.3 is 9.47 Å². The van der Waals surface area contributed by atoms with E-state index in [1.54, 1.807) is 0 Å². The van der Waals surface area contributed by atoms with E-state index in [1.807, 2.05) is 0 Å². The maximum absolute atomic E-state index is 12.4. The summed E-state index contributed by atoms with van der Waals surface area (Å²) in [7, 11) is 0. The second kappa shape index (κ2) is 36.9. The van der Waals surface area contributed by atoms with E-state index in [0.29, 0.717) is 19.3 Å². The summed E-state index contributed by atoms with van der Waals surface area (Å²) in [5, 5.41) is 0. The van der Waals surface area contributed by atoms with E-state index >= 15 is 0 Å². The zero-order chi connectivity index (χ0) is 32.9. The van der Waals surface area contributed by atoms with Crippen molar-refractivity contribution in [2.75, 3.05) is 0 Å². The van der Waals surface area contributed by atoms with Gasteiger partial charge in [-0.1, -0.05) is 154 Å². The molecule has 4 heteroatoms. The Morgan fingerprint density at radius 1 is 0.400 bits per heavy atom. The Kier molecular flexibility index (Phi) is 35.6. The highest BCUT2D eigenvalue weighted by molar-refractivity contribution is 5.71. The Bertz CT molecular complexity index is 629. The molecule has 0 radical (unpaired) electrons. The summed E-state index contributed by atoms with van der Waals surface area (Å²) in [6.07, 6.45) is 44.0. The van der Waals surface area contributed by atoms with Crippen molar-refractivity contribution in [3.63, 3.8) is 0 Å². The number of rotatable bonds is 35. The molecular weight excluding hydrogens is 556 g/mol. The molecule has 0 heterocycles. The molecule has 0 fully saturated rings. The maximum Gasteiger partial charge on any atom is 0.308 e. The quantitative estimate of drug-likeness (QED) is 0.0302. The van der Waals surface area contributed by atoms with Crippen LogP contribution in [-0.4, -0.2) is 18.2 Å². The number of allylic oxidation sites excluding steroid dienone is 4. The smallest absolute Gasteiger partial charge is 0.308 e. The van der Waals surface area contributed by atoms with Gasteiger partial charge in [0.1, 0.15) is 0 Å². The van der Waals surface area contributed by atoms with Crippen molar-refractivity contribution in [1.82, 2.24) is 0 Å². The summed E-state index contributed by atoms with van der Waals surface area (Å²) in [5.74, 6) is -0.467. The summed E-state index contributed by atoms with van der Waals surface area (Å²) >= 11 is 0. The van der Waals surface area contributed by atoms with Gasteiger partial charge in [0.2, 0.25) is 6.29 Å². The standard InChI is InChI=1S/C41H76O4/c1-4-7-10-12-14-16-18-20-22-24-26-28-30-32-34-36-39(42)44-41(38-9-6-3)45-40(43)37-35-33-31-29-27-25-23-21-19-17-15-13-11-8-5-2/h20-23,41H,4-19,24-38H2,1-3H3/b22-20-,23-21-. The average Bonchev–Trinajstić information content (AvgIpc) is 3.03. The first kappa shape index (κ1) is 43.4. The normalized spacial score (nSPS) is 11.7. The SMILES string of the molecule is CCCCCCCC/C=C\CCCCCCCC(=O)OC(CCCC)OC(=O)CCCCCCC/C=C\CCCCCCCC. The van der Waals surface area contributed by atoms with Crippen molar-refractivity contribution in [3.8, 4) is 0 Å². The predicted molar refractivity (Wildman–Crippen MR) is 194 cm³/mol. The van der Waals surface area contributed by atoms with E-state index < -0.39 is 6.29 Å². The number of carbonyl (C=O) groups is 2. The lowest BCUT2D eigenvalue weighted by molar-refractivity contribution is -0.189. The lowest BCUT2D eigenvalue weighted by atomic mass is 10.1. The summed E-state index contributed by atoms with van der Waals surface area (Å²) in [5.41, 5.74) is 0.